The molecule has 0 aliphatic heterocycles. The van der Waals surface area contributed by atoms with Crippen molar-refractivity contribution in [2.45, 2.75) is 19.2 Å². The maximum absolute atomic E-state index is 13.2. The summed E-state index contributed by atoms with van der Waals surface area (Å²) in [5.41, 5.74) is 2.32. The standard InChI is InChI=1S/C11H11FO2/c12-11(14-7-13)10-5-8-3-1-2-4-9(8)6-10/h1-4,7,10-11H,5-6H2. The summed E-state index contributed by atoms with van der Waals surface area (Å²) in [6.45, 7) is 0.174. The van der Waals surface area contributed by atoms with Gasteiger partial charge in [-0.2, -0.15) is 0 Å². The predicted molar refractivity (Wildman–Crippen MR) is 49.4 cm³/mol. The molecule has 0 N–H and O–H groups in total. The monoisotopic (exact) mass is 194 g/mol. The summed E-state index contributed by atoms with van der Waals surface area (Å²) in [5.74, 6) is -0.211. The lowest BCUT2D eigenvalue weighted by Gasteiger charge is -2.12. The normalized spacial score (nSPS) is 17.5. The van der Waals surface area contributed by atoms with Gasteiger partial charge in [0.1, 0.15) is 0 Å². The SMILES string of the molecule is O=COC(F)C1Cc2ccccc2C1. The van der Waals surface area contributed by atoms with Crippen LogP contribution in [-0.2, 0) is 22.4 Å². The zero-order valence-electron chi connectivity index (χ0n) is 7.65. The first-order valence-electron chi connectivity index (χ1n) is 4.61. The van der Waals surface area contributed by atoms with Crippen LogP contribution in [0.25, 0.3) is 0 Å². The Morgan fingerprint density at radius 2 is 1.93 bits per heavy atom. The van der Waals surface area contributed by atoms with E-state index in [-0.39, 0.29) is 12.4 Å². The second kappa shape index (κ2) is 3.78. The zero-order chi connectivity index (χ0) is 9.97. The lowest BCUT2D eigenvalue weighted by Crippen LogP contribution is -2.19. The van der Waals surface area contributed by atoms with E-state index in [4.69, 9.17) is 0 Å². The fraction of sp³-hybridized carbons (Fsp3) is 0.364. The molecule has 0 bridgehead atoms. The van der Waals surface area contributed by atoms with Crippen LogP contribution in [0.4, 0.5) is 4.39 Å². The lowest BCUT2D eigenvalue weighted by molar-refractivity contribution is -0.146. The molecular formula is C11H11FO2. The molecule has 0 fully saturated rings. The minimum Gasteiger partial charge on any atom is -0.433 e. The minimum absolute atomic E-state index is 0.174. The summed E-state index contributed by atoms with van der Waals surface area (Å²) in [7, 11) is 0. The zero-order valence-corrected chi connectivity index (χ0v) is 7.65. The van der Waals surface area contributed by atoms with Crippen LogP contribution in [0.3, 0.4) is 0 Å². The van der Waals surface area contributed by atoms with Crippen molar-refractivity contribution in [1.29, 1.82) is 0 Å². The second-order valence-electron chi connectivity index (χ2n) is 3.52. The largest absolute Gasteiger partial charge is 0.433 e. The number of alkyl halides is 1. The Hall–Kier alpha value is -1.38. The molecule has 0 saturated heterocycles. The molecule has 1 aromatic rings. The predicted octanol–water partition coefficient (Wildman–Crippen LogP) is 1.87. The van der Waals surface area contributed by atoms with Gasteiger partial charge in [-0.15, -0.1) is 0 Å². The smallest absolute Gasteiger partial charge is 0.295 e. The number of ether oxygens (including phenoxy) is 1. The number of carbonyl (C=O) groups is 1. The van der Waals surface area contributed by atoms with Crippen molar-refractivity contribution in [3.8, 4) is 0 Å². The fourth-order valence-corrected chi connectivity index (χ4v) is 1.94. The average Bonchev–Trinajstić information content (AvgIpc) is 2.61. The molecular weight excluding hydrogens is 183 g/mol. The molecule has 0 radical (unpaired) electrons. The number of halogens is 1. The van der Waals surface area contributed by atoms with Crippen LogP contribution in [0.2, 0.25) is 0 Å². The Labute approximate surface area is 81.7 Å². The summed E-state index contributed by atoms with van der Waals surface area (Å²) in [6, 6.07) is 7.86. The molecule has 3 heteroatoms. The molecule has 1 aromatic carbocycles. The molecule has 1 unspecified atom stereocenters. The van der Waals surface area contributed by atoms with Crippen molar-refractivity contribution in [2.75, 3.05) is 0 Å². The van der Waals surface area contributed by atoms with E-state index in [1.165, 1.54) is 0 Å². The number of benzene rings is 1. The van der Waals surface area contributed by atoms with E-state index < -0.39 is 6.36 Å². The Morgan fingerprint density at radius 1 is 1.36 bits per heavy atom. The molecule has 14 heavy (non-hydrogen) atoms. The van der Waals surface area contributed by atoms with Gasteiger partial charge in [0, 0.05) is 5.92 Å². The molecule has 2 rings (SSSR count). The Balaban J connectivity index is 2.07. The number of fused-ring (bicyclic) bond motifs is 1. The molecule has 1 atom stereocenters. The Morgan fingerprint density at radius 3 is 2.43 bits per heavy atom. The molecule has 1 aliphatic rings. The van der Waals surface area contributed by atoms with E-state index in [1.807, 2.05) is 24.3 Å². The van der Waals surface area contributed by atoms with Crippen molar-refractivity contribution in [3.63, 3.8) is 0 Å². The van der Waals surface area contributed by atoms with E-state index in [0.717, 1.165) is 11.1 Å². The quantitative estimate of drug-likeness (QED) is 0.686. The van der Waals surface area contributed by atoms with Gasteiger partial charge >= 0.3 is 0 Å². The van der Waals surface area contributed by atoms with Crippen LogP contribution in [-0.4, -0.2) is 12.8 Å². The van der Waals surface area contributed by atoms with Crippen LogP contribution in [0.5, 0.6) is 0 Å². The highest BCUT2D eigenvalue weighted by molar-refractivity contribution is 5.38. The van der Waals surface area contributed by atoms with Crippen LogP contribution >= 0.6 is 0 Å². The highest BCUT2D eigenvalue weighted by Crippen LogP contribution is 2.29. The molecule has 0 amide bonds. The first-order valence-corrected chi connectivity index (χ1v) is 4.61. The van der Waals surface area contributed by atoms with Gasteiger partial charge in [0.25, 0.3) is 6.47 Å². The van der Waals surface area contributed by atoms with Gasteiger partial charge in [-0.25, -0.2) is 4.39 Å². The third-order valence-electron chi connectivity index (χ3n) is 2.64. The van der Waals surface area contributed by atoms with Crippen LogP contribution in [0, 0.1) is 5.92 Å². The van der Waals surface area contributed by atoms with Crippen molar-refractivity contribution in [1.82, 2.24) is 0 Å². The molecule has 0 heterocycles. The molecule has 2 nitrogen and oxygen atoms in total. The van der Waals surface area contributed by atoms with Gasteiger partial charge in [-0.05, 0) is 24.0 Å². The maximum Gasteiger partial charge on any atom is 0.295 e. The van der Waals surface area contributed by atoms with Crippen LogP contribution in [0.15, 0.2) is 24.3 Å². The van der Waals surface area contributed by atoms with Crippen molar-refractivity contribution in [2.24, 2.45) is 5.92 Å². The number of carbonyl (C=O) groups excluding carboxylic acids is 1. The van der Waals surface area contributed by atoms with Gasteiger partial charge < -0.3 is 4.74 Å². The van der Waals surface area contributed by atoms with Crippen molar-refractivity contribution >= 4 is 6.47 Å². The molecule has 0 saturated carbocycles. The number of hydrogen-bond donors (Lipinski definition) is 0. The summed E-state index contributed by atoms with van der Waals surface area (Å²) in [4.78, 5) is 9.98. The van der Waals surface area contributed by atoms with E-state index in [9.17, 15) is 9.18 Å². The van der Waals surface area contributed by atoms with E-state index in [0.29, 0.717) is 12.8 Å². The van der Waals surface area contributed by atoms with Gasteiger partial charge in [0.2, 0.25) is 6.36 Å². The summed E-state index contributed by atoms with van der Waals surface area (Å²) in [6.07, 6.45) is -0.156. The molecule has 1 aliphatic carbocycles. The molecule has 74 valence electrons. The minimum atomic E-state index is -1.47. The highest BCUT2D eigenvalue weighted by Gasteiger charge is 2.29. The lowest BCUT2D eigenvalue weighted by atomic mass is 10.1. The van der Waals surface area contributed by atoms with Gasteiger partial charge in [-0.1, -0.05) is 24.3 Å². The Bertz CT molecular complexity index is 313. The summed E-state index contributed by atoms with van der Waals surface area (Å²) < 4.78 is 17.5. The van der Waals surface area contributed by atoms with Crippen LogP contribution in [0.1, 0.15) is 11.1 Å². The summed E-state index contributed by atoms with van der Waals surface area (Å²) >= 11 is 0. The van der Waals surface area contributed by atoms with E-state index >= 15 is 0 Å². The second-order valence-corrected chi connectivity index (χ2v) is 3.52. The van der Waals surface area contributed by atoms with Gasteiger partial charge in [0.05, 0.1) is 0 Å². The number of hydrogen-bond acceptors (Lipinski definition) is 2. The first-order chi connectivity index (χ1) is 6.81. The first kappa shape index (κ1) is 9.19. The van der Waals surface area contributed by atoms with E-state index in [1.54, 1.807) is 0 Å². The number of rotatable bonds is 3. The Kier molecular flexibility index (Phi) is 2.48. The molecule has 0 aromatic heterocycles. The topological polar surface area (TPSA) is 26.3 Å². The fourth-order valence-electron chi connectivity index (χ4n) is 1.94. The third kappa shape index (κ3) is 1.62. The van der Waals surface area contributed by atoms with Crippen molar-refractivity contribution < 1.29 is 13.9 Å². The van der Waals surface area contributed by atoms with Crippen molar-refractivity contribution in [3.05, 3.63) is 35.4 Å². The highest BCUT2D eigenvalue weighted by atomic mass is 19.1. The average molecular weight is 194 g/mol. The van der Waals surface area contributed by atoms with Gasteiger partial charge in [0.15, 0.2) is 0 Å². The third-order valence-corrected chi connectivity index (χ3v) is 2.64. The van der Waals surface area contributed by atoms with Gasteiger partial charge in [-0.3, -0.25) is 4.79 Å². The summed E-state index contributed by atoms with van der Waals surface area (Å²) in [5, 5.41) is 0. The molecule has 0 spiro atoms. The van der Waals surface area contributed by atoms with Crippen LogP contribution < -0.4 is 0 Å². The van der Waals surface area contributed by atoms with E-state index in [2.05, 4.69) is 4.74 Å². The maximum atomic E-state index is 13.2.